The van der Waals surface area contributed by atoms with Crippen LogP contribution in [0.15, 0.2) is 54.9 Å². The highest BCUT2D eigenvalue weighted by molar-refractivity contribution is 6.51. The van der Waals surface area contributed by atoms with Crippen molar-refractivity contribution >= 4 is 56.4 Å². The number of anilines is 1. The highest BCUT2D eigenvalue weighted by Crippen LogP contribution is 2.40. The van der Waals surface area contributed by atoms with Crippen LogP contribution >= 0.6 is 0 Å². The average Bonchev–Trinajstić information content (AvgIpc) is 3.51. The molecule has 2 aromatic carbocycles. The molecule has 0 saturated carbocycles. The summed E-state index contributed by atoms with van der Waals surface area (Å²) in [5.41, 5.74) is 4.05. The summed E-state index contributed by atoms with van der Waals surface area (Å²) in [6.45, 7) is 2.65. The van der Waals surface area contributed by atoms with Crippen LogP contribution in [0.4, 0.5) is 5.69 Å². The third-order valence-electron chi connectivity index (χ3n) is 6.58. The molecule has 0 spiro atoms. The summed E-state index contributed by atoms with van der Waals surface area (Å²) in [5.74, 6) is -1.16. The first kappa shape index (κ1) is 24.5. The number of carbonyl (C=O) groups excluding carboxylic acids is 3. The molecule has 3 N–H and O–H groups in total. The number of amides is 3. The standard InChI is InChI=1S/C28H29N5O4/c1-16(34)30-22-10-7-11-23-24(22)20(15-33(23)14-17(37-4)13-32(2)3)26-25(27(35)31-28(26)36)19-12-29-21-9-6-5-8-18(19)21/h5-12,15,17,29H,13-14H2,1-4H3,(H,30,34)(H,31,35,36). The number of hydrogen-bond acceptors (Lipinski definition) is 5. The lowest BCUT2D eigenvalue weighted by Gasteiger charge is -2.20. The first-order chi connectivity index (χ1) is 17.8. The number of hydrogen-bond donors (Lipinski definition) is 3. The predicted molar refractivity (Wildman–Crippen MR) is 144 cm³/mol. The molecular weight excluding hydrogens is 470 g/mol. The molecule has 1 unspecified atom stereocenters. The van der Waals surface area contributed by atoms with Crippen LogP contribution in [0.3, 0.4) is 0 Å². The van der Waals surface area contributed by atoms with Crippen molar-refractivity contribution in [3.8, 4) is 0 Å². The van der Waals surface area contributed by atoms with Crippen LogP contribution in [-0.2, 0) is 25.7 Å². The van der Waals surface area contributed by atoms with Gasteiger partial charge in [0.15, 0.2) is 0 Å². The number of carbonyl (C=O) groups is 3. The summed E-state index contributed by atoms with van der Waals surface area (Å²) >= 11 is 0. The number of aromatic nitrogens is 2. The Bertz CT molecular complexity index is 1580. The Labute approximate surface area is 214 Å². The number of likely N-dealkylation sites (N-methyl/N-ethyl adjacent to an activating group) is 1. The molecule has 1 atom stereocenters. The van der Waals surface area contributed by atoms with Crippen LogP contribution < -0.4 is 10.6 Å². The van der Waals surface area contributed by atoms with Gasteiger partial charge in [-0.2, -0.15) is 0 Å². The van der Waals surface area contributed by atoms with Crippen molar-refractivity contribution in [2.45, 2.75) is 19.6 Å². The highest BCUT2D eigenvalue weighted by atomic mass is 16.5. The van der Waals surface area contributed by atoms with Crippen molar-refractivity contribution in [3.05, 3.63) is 66.0 Å². The van der Waals surface area contributed by atoms with Gasteiger partial charge in [0.1, 0.15) is 0 Å². The van der Waals surface area contributed by atoms with Gasteiger partial charge in [0, 0.05) is 60.4 Å². The molecule has 0 fully saturated rings. The normalized spacial score (nSPS) is 14.7. The highest BCUT2D eigenvalue weighted by Gasteiger charge is 2.35. The second-order valence-corrected chi connectivity index (χ2v) is 9.48. The maximum atomic E-state index is 13.3. The van der Waals surface area contributed by atoms with E-state index < -0.39 is 11.8 Å². The predicted octanol–water partition coefficient (Wildman–Crippen LogP) is 3.22. The fourth-order valence-corrected chi connectivity index (χ4v) is 5.07. The van der Waals surface area contributed by atoms with Gasteiger partial charge in [-0.05, 0) is 32.3 Å². The quantitative estimate of drug-likeness (QED) is 0.323. The Morgan fingerprint density at radius 1 is 1.05 bits per heavy atom. The monoisotopic (exact) mass is 499 g/mol. The van der Waals surface area contributed by atoms with Crippen molar-refractivity contribution in [2.24, 2.45) is 0 Å². The van der Waals surface area contributed by atoms with E-state index in [4.69, 9.17) is 4.74 Å². The lowest BCUT2D eigenvalue weighted by atomic mass is 9.95. The number of nitrogens with one attached hydrogen (secondary N) is 3. The van der Waals surface area contributed by atoms with Gasteiger partial charge in [-0.3, -0.25) is 19.7 Å². The Kier molecular flexibility index (Phi) is 6.41. The van der Waals surface area contributed by atoms with E-state index in [1.165, 1.54) is 6.92 Å². The minimum absolute atomic E-state index is 0.121. The Morgan fingerprint density at radius 3 is 2.49 bits per heavy atom. The van der Waals surface area contributed by atoms with Gasteiger partial charge in [-0.25, -0.2) is 0 Å². The molecule has 0 saturated heterocycles. The summed E-state index contributed by atoms with van der Waals surface area (Å²) < 4.78 is 7.75. The SMILES string of the molecule is COC(CN(C)C)Cn1cc(C2=C(c3c[nH]c4ccccc34)C(=O)NC2=O)c2c(NC(C)=O)cccc21. The average molecular weight is 500 g/mol. The van der Waals surface area contributed by atoms with Crippen molar-refractivity contribution in [2.75, 3.05) is 33.1 Å². The van der Waals surface area contributed by atoms with Gasteiger partial charge >= 0.3 is 0 Å². The number of methoxy groups -OCH3 is 1. The molecule has 3 amide bonds. The molecule has 0 bridgehead atoms. The van der Waals surface area contributed by atoms with Crippen LogP contribution in [0.25, 0.3) is 33.0 Å². The first-order valence-electron chi connectivity index (χ1n) is 12.0. The Hall–Kier alpha value is -4.21. The molecule has 37 heavy (non-hydrogen) atoms. The van der Waals surface area contributed by atoms with Crippen molar-refractivity contribution in [1.82, 2.24) is 19.8 Å². The van der Waals surface area contributed by atoms with Gasteiger partial charge in [-0.15, -0.1) is 0 Å². The summed E-state index contributed by atoms with van der Waals surface area (Å²) in [7, 11) is 5.63. The molecular formula is C28H29N5O4. The lowest BCUT2D eigenvalue weighted by molar-refractivity contribution is -0.122. The zero-order chi connectivity index (χ0) is 26.3. The van der Waals surface area contributed by atoms with E-state index in [1.807, 2.05) is 66.2 Å². The van der Waals surface area contributed by atoms with Crippen molar-refractivity contribution < 1.29 is 19.1 Å². The number of ether oxygens (including phenoxy) is 1. The van der Waals surface area contributed by atoms with Crippen LogP contribution in [0, 0.1) is 0 Å². The fraction of sp³-hybridized carbons (Fsp3) is 0.250. The fourth-order valence-electron chi connectivity index (χ4n) is 5.07. The molecule has 9 heteroatoms. The van der Waals surface area contributed by atoms with Crippen molar-refractivity contribution in [1.29, 1.82) is 0 Å². The number of aromatic amines is 1. The minimum Gasteiger partial charge on any atom is -0.378 e. The number of rotatable bonds is 8. The molecule has 4 aromatic rings. The van der Waals surface area contributed by atoms with Gasteiger partial charge in [0.05, 0.1) is 35.0 Å². The van der Waals surface area contributed by atoms with E-state index in [-0.39, 0.29) is 17.6 Å². The van der Waals surface area contributed by atoms with Gasteiger partial charge in [-0.1, -0.05) is 24.3 Å². The maximum absolute atomic E-state index is 13.3. The van der Waals surface area contributed by atoms with E-state index in [9.17, 15) is 14.4 Å². The summed E-state index contributed by atoms with van der Waals surface area (Å²) in [4.78, 5) is 43.8. The molecule has 0 radical (unpaired) electrons. The van der Waals surface area contributed by atoms with E-state index >= 15 is 0 Å². The number of nitrogens with zero attached hydrogens (tertiary/aromatic N) is 2. The largest absolute Gasteiger partial charge is 0.378 e. The maximum Gasteiger partial charge on any atom is 0.259 e. The summed E-state index contributed by atoms with van der Waals surface area (Å²) in [6.07, 6.45) is 3.51. The lowest BCUT2D eigenvalue weighted by Crippen LogP contribution is -2.31. The first-order valence-corrected chi connectivity index (χ1v) is 12.0. The van der Waals surface area contributed by atoms with E-state index in [2.05, 4.69) is 15.6 Å². The second kappa shape index (κ2) is 9.68. The number of fused-ring (bicyclic) bond motifs is 2. The van der Waals surface area contributed by atoms with Gasteiger partial charge in [0.2, 0.25) is 5.91 Å². The molecule has 190 valence electrons. The third-order valence-corrected chi connectivity index (χ3v) is 6.58. The zero-order valence-corrected chi connectivity index (χ0v) is 21.2. The number of para-hydroxylation sites is 1. The topological polar surface area (TPSA) is 108 Å². The van der Waals surface area contributed by atoms with Gasteiger partial charge in [0.25, 0.3) is 11.8 Å². The van der Waals surface area contributed by atoms with Crippen molar-refractivity contribution in [3.63, 3.8) is 0 Å². The molecule has 1 aliphatic heterocycles. The number of benzene rings is 2. The molecule has 3 heterocycles. The molecule has 2 aromatic heterocycles. The number of H-pyrrole nitrogens is 1. The molecule has 0 aliphatic carbocycles. The minimum atomic E-state index is -0.474. The van der Waals surface area contributed by atoms with E-state index in [0.717, 1.165) is 16.4 Å². The number of imide groups is 1. The Morgan fingerprint density at radius 2 is 1.78 bits per heavy atom. The molecule has 5 rings (SSSR count). The second-order valence-electron chi connectivity index (χ2n) is 9.48. The molecule has 1 aliphatic rings. The third kappa shape index (κ3) is 4.43. The van der Waals surface area contributed by atoms with E-state index in [0.29, 0.717) is 40.9 Å². The smallest absolute Gasteiger partial charge is 0.259 e. The van der Waals surface area contributed by atoms with Crippen LogP contribution in [-0.4, -0.2) is 66.0 Å². The molecule has 9 nitrogen and oxygen atoms in total. The Balaban J connectivity index is 1.78. The zero-order valence-electron chi connectivity index (χ0n) is 21.2. The summed E-state index contributed by atoms with van der Waals surface area (Å²) in [6, 6.07) is 13.2. The van der Waals surface area contributed by atoms with Gasteiger partial charge < -0.3 is 24.5 Å². The van der Waals surface area contributed by atoms with E-state index in [1.54, 1.807) is 19.4 Å². The summed E-state index contributed by atoms with van der Waals surface area (Å²) in [5, 5.41) is 6.91. The van der Waals surface area contributed by atoms with Crippen LogP contribution in [0.2, 0.25) is 0 Å². The van der Waals surface area contributed by atoms with Crippen LogP contribution in [0.1, 0.15) is 18.1 Å². The van der Waals surface area contributed by atoms with Crippen LogP contribution in [0.5, 0.6) is 0 Å².